The van der Waals surface area contributed by atoms with Gasteiger partial charge in [0.05, 0.1) is 0 Å². The van der Waals surface area contributed by atoms with E-state index in [0.717, 1.165) is 31.3 Å². The molecule has 1 fully saturated rings. The number of ether oxygens (including phenoxy) is 2. The Morgan fingerprint density at radius 1 is 1.35 bits per heavy atom. The third-order valence-electron chi connectivity index (χ3n) is 6.71. The van der Waals surface area contributed by atoms with Crippen molar-refractivity contribution in [2.75, 3.05) is 0 Å². The number of epoxide rings is 1. The minimum absolute atomic E-state index is 0.0194. The minimum Gasteiger partial charge on any atom is -0.458 e. The molecule has 1 aliphatic heterocycles. The van der Waals surface area contributed by atoms with Gasteiger partial charge in [-0.2, -0.15) is 0 Å². The Labute approximate surface area is 156 Å². The fourth-order valence-corrected chi connectivity index (χ4v) is 4.35. The Balaban J connectivity index is 2.05. The van der Waals surface area contributed by atoms with Gasteiger partial charge in [0, 0.05) is 18.4 Å². The summed E-state index contributed by atoms with van der Waals surface area (Å²) in [7, 11) is 0. The van der Waals surface area contributed by atoms with Crippen LogP contribution < -0.4 is 0 Å². The van der Waals surface area contributed by atoms with Crippen LogP contribution in [0.15, 0.2) is 35.5 Å². The van der Waals surface area contributed by atoms with Crippen LogP contribution in [0.2, 0.25) is 0 Å². The average Bonchev–Trinajstić information content (AvgIpc) is 3.24. The highest BCUT2D eigenvalue weighted by molar-refractivity contribution is 6.05. The monoisotopic (exact) mass is 358 g/mol. The molecule has 4 heteroatoms. The van der Waals surface area contributed by atoms with Crippen LogP contribution in [0.5, 0.6) is 0 Å². The summed E-state index contributed by atoms with van der Waals surface area (Å²) in [5.74, 6) is -0.295. The predicted octanol–water partition coefficient (Wildman–Crippen LogP) is 4.30. The summed E-state index contributed by atoms with van der Waals surface area (Å²) in [6.45, 7) is 14.1. The van der Waals surface area contributed by atoms with Crippen LogP contribution in [-0.4, -0.2) is 29.6 Å². The van der Waals surface area contributed by atoms with E-state index in [2.05, 4.69) is 33.4 Å². The number of rotatable bonds is 1. The summed E-state index contributed by atoms with van der Waals surface area (Å²) in [4.78, 5) is 24.8. The first-order chi connectivity index (χ1) is 12.1. The van der Waals surface area contributed by atoms with E-state index in [1.54, 1.807) is 6.08 Å². The topological polar surface area (TPSA) is 55.9 Å². The number of Topliss-reactive ketones (excluding diaryl/α,β-unsaturated/α-hetero) is 1. The first-order valence-electron chi connectivity index (χ1n) is 9.55. The van der Waals surface area contributed by atoms with Crippen LogP contribution >= 0.6 is 0 Å². The number of ketones is 1. The Morgan fingerprint density at radius 3 is 2.69 bits per heavy atom. The Hall–Kier alpha value is -1.68. The van der Waals surface area contributed by atoms with Gasteiger partial charge in [-0.3, -0.25) is 9.59 Å². The maximum atomic E-state index is 13.2. The molecule has 142 valence electrons. The smallest absolute Gasteiger partial charge is 0.303 e. The highest BCUT2D eigenvalue weighted by Crippen LogP contribution is 2.52. The van der Waals surface area contributed by atoms with E-state index in [9.17, 15) is 9.59 Å². The third-order valence-corrected chi connectivity index (χ3v) is 6.71. The van der Waals surface area contributed by atoms with Gasteiger partial charge in [-0.05, 0) is 56.6 Å². The molecular weight excluding hydrogens is 328 g/mol. The summed E-state index contributed by atoms with van der Waals surface area (Å²) in [6, 6.07) is 0. The molecule has 2 aliphatic carbocycles. The second-order valence-electron chi connectivity index (χ2n) is 8.60. The van der Waals surface area contributed by atoms with Gasteiger partial charge in [-0.25, -0.2) is 0 Å². The molecule has 4 nitrogen and oxygen atoms in total. The maximum Gasteiger partial charge on any atom is 0.303 e. The van der Waals surface area contributed by atoms with Crippen molar-refractivity contribution in [3.05, 3.63) is 35.5 Å². The van der Waals surface area contributed by atoms with Crippen molar-refractivity contribution in [2.24, 2.45) is 11.3 Å². The van der Waals surface area contributed by atoms with E-state index in [4.69, 9.17) is 9.47 Å². The van der Waals surface area contributed by atoms with Crippen LogP contribution in [0.1, 0.15) is 60.3 Å². The van der Waals surface area contributed by atoms with Crippen molar-refractivity contribution >= 4 is 11.8 Å². The fourth-order valence-electron chi connectivity index (χ4n) is 4.35. The summed E-state index contributed by atoms with van der Waals surface area (Å²) < 4.78 is 11.4. The van der Waals surface area contributed by atoms with Gasteiger partial charge < -0.3 is 9.47 Å². The largest absolute Gasteiger partial charge is 0.458 e. The predicted molar refractivity (Wildman–Crippen MR) is 101 cm³/mol. The van der Waals surface area contributed by atoms with Crippen LogP contribution in [0, 0.1) is 11.3 Å². The van der Waals surface area contributed by atoms with Crippen molar-refractivity contribution in [1.82, 2.24) is 0 Å². The number of carbonyl (C=O) groups excluding carboxylic acids is 2. The van der Waals surface area contributed by atoms with E-state index < -0.39 is 17.8 Å². The molecule has 0 saturated carbocycles. The molecule has 0 amide bonds. The van der Waals surface area contributed by atoms with E-state index >= 15 is 0 Å². The zero-order valence-electron chi connectivity index (χ0n) is 16.6. The lowest BCUT2D eigenvalue weighted by molar-refractivity contribution is -0.148. The normalized spacial score (nSPS) is 42.4. The number of esters is 1. The van der Waals surface area contributed by atoms with Gasteiger partial charge in [0.25, 0.3) is 0 Å². The van der Waals surface area contributed by atoms with E-state index in [1.807, 2.05) is 6.92 Å². The van der Waals surface area contributed by atoms with E-state index in [-0.39, 0.29) is 23.1 Å². The van der Waals surface area contributed by atoms with Crippen LogP contribution in [0.25, 0.3) is 0 Å². The summed E-state index contributed by atoms with van der Waals surface area (Å²) >= 11 is 0. The molecule has 1 saturated heterocycles. The van der Waals surface area contributed by atoms with Crippen molar-refractivity contribution in [3.63, 3.8) is 0 Å². The van der Waals surface area contributed by atoms with Gasteiger partial charge in [0.2, 0.25) is 0 Å². The summed E-state index contributed by atoms with van der Waals surface area (Å²) in [5.41, 5.74) is 2.08. The molecule has 0 unspecified atom stereocenters. The van der Waals surface area contributed by atoms with Crippen molar-refractivity contribution in [1.29, 1.82) is 0 Å². The maximum absolute atomic E-state index is 13.2. The lowest BCUT2D eigenvalue weighted by Gasteiger charge is -2.45. The Morgan fingerprint density at radius 2 is 2.04 bits per heavy atom. The molecule has 2 bridgehead atoms. The van der Waals surface area contributed by atoms with Gasteiger partial charge in [-0.15, -0.1) is 0 Å². The zero-order chi connectivity index (χ0) is 19.3. The molecule has 26 heavy (non-hydrogen) atoms. The fraction of sp³-hybridized carbons (Fsp3) is 0.636. The molecule has 3 aliphatic rings. The molecule has 0 spiro atoms. The van der Waals surface area contributed by atoms with Gasteiger partial charge >= 0.3 is 5.97 Å². The number of fused-ring (bicyclic) bond motifs is 3. The molecule has 0 N–H and O–H groups in total. The van der Waals surface area contributed by atoms with Gasteiger partial charge in [0.15, 0.2) is 5.78 Å². The molecule has 1 heterocycles. The Kier molecular flexibility index (Phi) is 4.76. The van der Waals surface area contributed by atoms with Gasteiger partial charge in [-0.1, -0.05) is 32.1 Å². The molecule has 3 rings (SSSR count). The van der Waals surface area contributed by atoms with E-state index in [0.29, 0.717) is 5.57 Å². The van der Waals surface area contributed by atoms with E-state index in [1.165, 1.54) is 12.5 Å². The van der Waals surface area contributed by atoms with Crippen LogP contribution in [0.4, 0.5) is 0 Å². The lowest BCUT2D eigenvalue weighted by atomic mass is 9.61. The highest BCUT2D eigenvalue weighted by Gasteiger charge is 2.58. The number of hydrogen-bond acceptors (Lipinski definition) is 4. The first kappa shape index (κ1) is 19.1. The number of allylic oxidation sites excluding steroid dienone is 3. The van der Waals surface area contributed by atoms with Gasteiger partial charge in [0.1, 0.15) is 17.8 Å². The first-order valence-corrected chi connectivity index (χ1v) is 9.55. The molecule has 0 aromatic heterocycles. The van der Waals surface area contributed by atoms with Crippen molar-refractivity contribution in [3.8, 4) is 0 Å². The third kappa shape index (κ3) is 3.20. The summed E-state index contributed by atoms with van der Waals surface area (Å²) in [5, 5.41) is 0. The highest BCUT2D eigenvalue weighted by atomic mass is 16.6. The molecule has 0 radical (unpaired) electrons. The second kappa shape index (κ2) is 6.49. The molecule has 0 aromatic carbocycles. The van der Waals surface area contributed by atoms with Crippen LogP contribution in [0.3, 0.4) is 0 Å². The SMILES string of the molecule is C=C1C2=C[C@H](OC(C)=O)[C@@H](C)[C@]1(C)CC/C(C)=C/CC[C@@]1(C)O[C@@H]1C2=O. The number of carbonyl (C=O) groups is 2. The molecule has 0 aromatic rings. The summed E-state index contributed by atoms with van der Waals surface area (Å²) in [6.07, 6.45) is 6.80. The quantitative estimate of drug-likeness (QED) is 0.398. The second-order valence-corrected chi connectivity index (χ2v) is 8.60. The molecule has 5 atom stereocenters. The Bertz CT molecular complexity index is 716. The van der Waals surface area contributed by atoms with Crippen LogP contribution in [-0.2, 0) is 19.1 Å². The average molecular weight is 358 g/mol. The lowest BCUT2D eigenvalue weighted by Crippen LogP contribution is -2.43. The minimum atomic E-state index is -0.422. The van der Waals surface area contributed by atoms with Crippen molar-refractivity contribution < 1.29 is 19.1 Å². The molecular formula is C22H30O4. The zero-order valence-corrected chi connectivity index (χ0v) is 16.6. The number of hydrogen-bond donors (Lipinski definition) is 0. The standard InChI is InChI=1S/C22H30O4/c1-13-8-7-10-22(6)20(26-22)19(24)17-12-18(25-16(4)23)15(3)21(5,11-9-13)14(17)2/h8,12,15,18,20H,2,7,9-11H2,1,3-6H3/b13-8+/t15-,18+,20-,21-,22-/m1/s1. The van der Waals surface area contributed by atoms with Crippen molar-refractivity contribution in [2.45, 2.75) is 78.1 Å².